The van der Waals surface area contributed by atoms with Gasteiger partial charge in [0.25, 0.3) is 0 Å². The van der Waals surface area contributed by atoms with E-state index >= 15 is 0 Å². The van der Waals surface area contributed by atoms with Gasteiger partial charge >= 0.3 is 0 Å². The van der Waals surface area contributed by atoms with Crippen molar-refractivity contribution in [1.82, 2.24) is 15.0 Å². The maximum Gasteiger partial charge on any atom is 0.250 e. The predicted molar refractivity (Wildman–Crippen MR) is 217 cm³/mol. The van der Waals surface area contributed by atoms with Gasteiger partial charge in [-0.25, -0.2) is 15.0 Å². The minimum atomic E-state index is 0.318. The van der Waals surface area contributed by atoms with Crippen LogP contribution in [-0.4, -0.2) is 21.7 Å². The number of rotatable bonds is 5. The minimum absolute atomic E-state index is 0.318. The van der Waals surface area contributed by atoms with Gasteiger partial charge in [-0.15, -0.1) is 0 Å². The van der Waals surface area contributed by atoms with Crippen molar-refractivity contribution in [2.45, 2.75) is 29.4 Å². The summed E-state index contributed by atoms with van der Waals surface area (Å²) < 4.78 is 0. The third-order valence-electron chi connectivity index (χ3n) is 10.1. The summed E-state index contributed by atoms with van der Waals surface area (Å²) in [6.07, 6.45) is 0. The Morgan fingerprint density at radius 3 is 1.04 bits per heavy atom. The summed E-state index contributed by atoms with van der Waals surface area (Å²) in [7, 11) is 0. The number of hydrogen-bond donors (Lipinski definition) is 0. The van der Waals surface area contributed by atoms with Crippen molar-refractivity contribution in [2.24, 2.45) is 0 Å². The van der Waals surface area contributed by atoms with E-state index in [2.05, 4.69) is 97.1 Å². The highest BCUT2D eigenvalue weighted by Crippen LogP contribution is 2.46. The first kappa shape index (κ1) is 30.3. The van der Waals surface area contributed by atoms with E-state index in [-0.39, 0.29) is 0 Å². The van der Waals surface area contributed by atoms with Crippen molar-refractivity contribution in [3.8, 4) is 56.4 Å². The molecule has 0 amide bonds. The lowest BCUT2D eigenvalue weighted by atomic mass is 9.36. The third-order valence-corrected chi connectivity index (χ3v) is 13.5. The molecule has 11 rings (SSSR count). The molecule has 0 spiro atoms. The number of benzene rings is 7. The van der Waals surface area contributed by atoms with E-state index < -0.39 is 0 Å². The molecule has 0 fully saturated rings. The molecule has 0 bridgehead atoms. The van der Waals surface area contributed by atoms with E-state index in [1.807, 2.05) is 95.9 Å². The van der Waals surface area contributed by atoms with Crippen molar-refractivity contribution in [2.75, 3.05) is 0 Å². The molecule has 52 heavy (non-hydrogen) atoms. The Balaban J connectivity index is 0.920. The van der Waals surface area contributed by atoms with Crippen LogP contribution in [0.2, 0.25) is 0 Å². The van der Waals surface area contributed by atoms with Crippen LogP contribution < -0.4 is 16.4 Å². The molecule has 0 saturated carbocycles. The van der Waals surface area contributed by atoms with E-state index in [4.69, 9.17) is 15.0 Å². The van der Waals surface area contributed by atoms with Crippen LogP contribution in [0.25, 0.3) is 56.4 Å². The van der Waals surface area contributed by atoms with Crippen LogP contribution in [0.4, 0.5) is 0 Å². The van der Waals surface area contributed by atoms with Gasteiger partial charge in [0.1, 0.15) is 0 Å². The molecular weight excluding hydrogens is 690 g/mol. The predicted octanol–water partition coefficient (Wildman–Crippen LogP) is 10.1. The monoisotopic (exact) mass is 715 g/mol. The zero-order valence-corrected chi connectivity index (χ0v) is 30.1. The Bertz CT molecular complexity index is 2570. The van der Waals surface area contributed by atoms with E-state index in [0.717, 1.165) is 22.3 Å². The maximum absolute atomic E-state index is 4.91. The zero-order chi connectivity index (χ0) is 34.2. The highest BCUT2D eigenvalue weighted by atomic mass is 32.2. The van der Waals surface area contributed by atoms with E-state index in [1.165, 1.54) is 62.5 Å². The SMILES string of the molecule is c1ccc(-c2nc(-c3ccccc3)nc(-c3ccc(-c4ccc(-c5cc6c7c(c5)Sc5cccc8c5B7c5c(cccc5S6)S8)cc4)cc3)n2)cc1. The second-order valence-electron chi connectivity index (χ2n) is 13.2. The molecule has 7 aromatic carbocycles. The Morgan fingerprint density at radius 1 is 0.288 bits per heavy atom. The molecule has 7 heteroatoms. The summed E-state index contributed by atoms with van der Waals surface area (Å²) >= 11 is 5.80. The molecule has 0 saturated heterocycles. The lowest BCUT2D eigenvalue weighted by molar-refractivity contribution is 1.07. The molecule has 0 aliphatic carbocycles. The molecule has 8 aromatic rings. The molecule has 3 aliphatic heterocycles. The maximum atomic E-state index is 4.91. The van der Waals surface area contributed by atoms with Crippen molar-refractivity contribution in [3.05, 3.63) is 158 Å². The molecule has 0 unspecified atom stereocenters. The molecule has 0 radical (unpaired) electrons. The van der Waals surface area contributed by atoms with E-state index in [0.29, 0.717) is 24.2 Å². The highest BCUT2D eigenvalue weighted by Gasteiger charge is 2.43. The summed E-state index contributed by atoms with van der Waals surface area (Å²) in [5, 5.41) is 0. The smallest absolute Gasteiger partial charge is 0.208 e. The molecule has 0 atom stereocenters. The fraction of sp³-hybridized carbons (Fsp3) is 0. The Hall–Kier alpha value is -5.34. The van der Waals surface area contributed by atoms with Gasteiger partial charge in [-0.1, -0.05) is 157 Å². The molecule has 3 nitrogen and oxygen atoms in total. The first-order valence-electron chi connectivity index (χ1n) is 17.3. The van der Waals surface area contributed by atoms with Crippen molar-refractivity contribution >= 4 is 58.4 Å². The van der Waals surface area contributed by atoms with Gasteiger partial charge in [-0.05, 0) is 75.0 Å². The summed E-state index contributed by atoms with van der Waals surface area (Å²) in [5.74, 6) is 1.99. The summed E-state index contributed by atoms with van der Waals surface area (Å²) in [6.45, 7) is 0.318. The number of nitrogens with zero attached hydrogens (tertiary/aromatic N) is 3. The topological polar surface area (TPSA) is 38.7 Å². The van der Waals surface area contributed by atoms with Gasteiger partial charge < -0.3 is 0 Å². The molecule has 3 aliphatic rings. The fourth-order valence-corrected chi connectivity index (χ4v) is 11.5. The van der Waals surface area contributed by atoms with Gasteiger partial charge in [0.2, 0.25) is 6.71 Å². The van der Waals surface area contributed by atoms with Crippen molar-refractivity contribution in [3.63, 3.8) is 0 Å². The van der Waals surface area contributed by atoms with Crippen LogP contribution in [0.1, 0.15) is 0 Å². The first-order valence-corrected chi connectivity index (χ1v) is 19.7. The number of aromatic nitrogens is 3. The second kappa shape index (κ2) is 12.1. The third kappa shape index (κ3) is 4.99. The molecule has 4 heterocycles. The van der Waals surface area contributed by atoms with Gasteiger partial charge in [0.15, 0.2) is 17.5 Å². The molecule has 242 valence electrons. The van der Waals surface area contributed by atoms with E-state index in [1.54, 1.807) is 0 Å². The normalized spacial score (nSPS) is 13.1. The summed E-state index contributed by atoms with van der Waals surface area (Å²) in [4.78, 5) is 23.0. The Morgan fingerprint density at radius 2 is 0.615 bits per heavy atom. The van der Waals surface area contributed by atoms with Gasteiger partial charge in [-0.2, -0.15) is 0 Å². The quantitative estimate of drug-likeness (QED) is 0.165. The molecular formula is C45H26BN3S3. The van der Waals surface area contributed by atoms with Crippen molar-refractivity contribution in [1.29, 1.82) is 0 Å². The fourth-order valence-electron chi connectivity index (χ4n) is 7.59. The lowest BCUT2D eigenvalue weighted by Crippen LogP contribution is -2.60. The van der Waals surface area contributed by atoms with Crippen molar-refractivity contribution < 1.29 is 0 Å². The first-order chi connectivity index (χ1) is 25.7. The van der Waals surface area contributed by atoms with Crippen LogP contribution in [0.15, 0.2) is 187 Å². The van der Waals surface area contributed by atoms with E-state index in [9.17, 15) is 0 Å². The van der Waals surface area contributed by atoms with Crippen LogP contribution in [0.3, 0.4) is 0 Å². The number of hydrogen-bond acceptors (Lipinski definition) is 6. The van der Waals surface area contributed by atoms with Crippen LogP contribution >= 0.6 is 35.3 Å². The summed E-state index contributed by atoms with van der Waals surface area (Å²) in [6, 6.07) is 56.2. The highest BCUT2D eigenvalue weighted by molar-refractivity contribution is 8.02. The van der Waals surface area contributed by atoms with Crippen LogP contribution in [-0.2, 0) is 0 Å². The van der Waals surface area contributed by atoms with Crippen LogP contribution in [0.5, 0.6) is 0 Å². The summed E-state index contributed by atoms with van der Waals surface area (Å²) in [5.41, 5.74) is 12.2. The standard InChI is InChI=1S/C45H26BN3S3/c1-3-9-30(10-4-1)43-47-44(31-11-5-2-6-12-31)49-45(48-43)32-23-21-28(22-24-32)27-17-19-29(20-18-27)33-25-38-42-39(26-33)52-37-16-8-14-35-41(37)46(42)40-34(50-35)13-7-15-36(40)51-38/h1-26H. The Labute approximate surface area is 315 Å². The van der Waals surface area contributed by atoms with Gasteiger partial charge in [-0.3, -0.25) is 0 Å². The Kier molecular flexibility index (Phi) is 7.07. The molecule has 1 aromatic heterocycles. The largest absolute Gasteiger partial charge is 0.250 e. The lowest BCUT2D eigenvalue weighted by Gasteiger charge is -2.38. The molecule has 0 N–H and O–H groups in total. The zero-order valence-electron chi connectivity index (χ0n) is 27.7. The average molecular weight is 716 g/mol. The second-order valence-corrected chi connectivity index (χ2v) is 16.4. The average Bonchev–Trinajstić information content (AvgIpc) is 3.21. The minimum Gasteiger partial charge on any atom is -0.208 e. The van der Waals surface area contributed by atoms with Gasteiger partial charge in [0, 0.05) is 46.1 Å². The van der Waals surface area contributed by atoms with Crippen LogP contribution in [0, 0.1) is 0 Å². The van der Waals surface area contributed by atoms with Gasteiger partial charge in [0.05, 0.1) is 0 Å².